The highest BCUT2D eigenvalue weighted by molar-refractivity contribution is 5.95. The molecule has 1 aromatic heterocycles. The van der Waals surface area contributed by atoms with Crippen molar-refractivity contribution in [2.45, 2.75) is 12.6 Å². The third kappa shape index (κ3) is 2.42. The summed E-state index contributed by atoms with van der Waals surface area (Å²) < 4.78 is 4.99. The fourth-order valence-electron chi connectivity index (χ4n) is 2.31. The first-order valence-corrected chi connectivity index (χ1v) is 6.38. The molecule has 102 valence electrons. The molecule has 0 bridgehead atoms. The Bertz CT molecular complexity index is 607. The molecule has 3 rings (SSSR count). The summed E-state index contributed by atoms with van der Waals surface area (Å²) in [4.78, 5) is 25.8. The van der Waals surface area contributed by atoms with E-state index < -0.39 is 6.04 Å². The van der Waals surface area contributed by atoms with Crippen molar-refractivity contribution in [1.29, 1.82) is 0 Å². The minimum atomic E-state index is -0.607. The fourth-order valence-corrected chi connectivity index (χ4v) is 2.31. The zero-order valence-electron chi connectivity index (χ0n) is 10.8. The van der Waals surface area contributed by atoms with E-state index in [1.807, 2.05) is 30.3 Å². The Balaban J connectivity index is 1.82. The van der Waals surface area contributed by atoms with E-state index in [4.69, 9.17) is 4.42 Å². The molecule has 0 saturated carbocycles. The third-order valence-electron chi connectivity index (χ3n) is 3.28. The van der Waals surface area contributed by atoms with Crippen molar-refractivity contribution in [3.05, 3.63) is 60.1 Å². The van der Waals surface area contributed by atoms with Crippen LogP contribution in [0.25, 0.3) is 0 Å². The van der Waals surface area contributed by atoms with Gasteiger partial charge in [0.25, 0.3) is 5.91 Å². The van der Waals surface area contributed by atoms with Crippen LogP contribution in [0.1, 0.15) is 17.2 Å². The van der Waals surface area contributed by atoms with Gasteiger partial charge in [-0.25, -0.2) is 0 Å². The monoisotopic (exact) mass is 270 g/mol. The SMILES string of the molecule is O=C1CN(Cc2ccoc2)C(=O)C(c2ccccc2)N1. The highest BCUT2D eigenvalue weighted by atomic mass is 16.3. The smallest absolute Gasteiger partial charge is 0.250 e. The summed E-state index contributed by atoms with van der Waals surface area (Å²) in [5.41, 5.74) is 1.67. The number of benzene rings is 1. The van der Waals surface area contributed by atoms with Crippen LogP contribution in [0.5, 0.6) is 0 Å². The quantitative estimate of drug-likeness (QED) is 0.919. The molecule has 1 saturated heterocycles. The van der Waals surface area contributed by atoms with Crippen molar-refractivity contribution < 1.29 is 14.0 Å². The molecule has 1 N–H and O–H groups in total. The van der Waals surface area contributed by atoms with Crippen LogP contribution >= 0.6 is 0 Å². The number of furan rings is 1. The van der Waals surface area contributed by atoms with Crippen LogP contribution in [-0.4, -0.2) is 23.3 Å². The summed E-state index contributed by atoms with van der Waals surface area (Å²) >= 11 is 0. The second-order valence-electron chi connectivity index (χ2n) is 4.74. The van der Waals surface area contributed by atoms with Crippen LogP contribution < -0.4 is 5.32 Å². The second kappa shape index (κ2) is 5.21. The molecule has 5 nitrogen and oxygen atoms in total. The Kier molecular flexibility index (Phi) is 3.25. The number of nitrogens with one attached hydrogen (secondary N) is 1. The summed E-state index contributed by atoms with van der Waals surface area (Å²) in [7, 11) is 0. The van der Waals surface area contributed by atoms with Gasteiger partial charge in [-0.3, -0.25) is 9.59 Å². The molecule has 20 heavy (non-hydrogen) atoms. The van der Waals surface area contributed by atoms with Gasteiger partial charge in [0.15, 0.2) is 0 Å². The minimum Gasteiger partial charge on any atom is -0.472 e. The predicted octanol–water partition coefficient (Wildman–Crippen LogP) is 1.48. The summed E-state index contributed by atoms with van der Waals surface area (Å²) in [5, 5.41) is 2.74. The first-order valence-electron chi connectivity index (χ1n) is 6.38. The van der Waals surface area contributed by atoms with E-state index in [2.05, 4.69) is 5.32 Å². The normalized spacial score (nSPS) is 19.0. The lowest BCUT2D eigenvalue weighted by atomic mass is 10.0. The Morgan fingerprint density at radius 3 is 2.70 bits per heavy atom. The summed E-state index contributed by atoms with van der Waals surface area (Å²) in [6.45, 7) is 0.458. The van der Waals surface area contributed by atoms with Gasteiger partial charge in [0, 0.05) is 12.1 Å². The molecule has 1 aromatic carbocycles. The molecule has 1 aliphatic heterocycles. The zero-order chi connectivity index (χ0) is 13.9. The average molecular weight is 270 g/mol. The Hall–Kier alpha value is -2.56. The number of carbonyl (C=O) groups excluding carboxylic acids is 2. The molecule has 2 heterocycles. The molecule has 1 unspecified atom stereocenters. The minimum absolute atomic E-state index is 0.0767. The number of hydrogen-bond donors (Lipinski definition) is 1. The molecular weight excluding hydrogens is 256 g/mol. The highest BCUT2D eigenvalue weighted by Crippen LogP contribution is 2.20. The Morgan fingerprint density at radius 2 is 2.00 bits per heavy atom. The number of nitrogens with zero attached hydrogens (tertiary/aromatic N) is 1. The van der Waals surface area contributed by atoms with Gasteiger partial charge in [0.2, 0.25) is 5.91 Å². The highest BCUT2D eigenvalue weighted by Gasteiger charge is 2.33. The third-order valence-corrected chi connectivity index (χ3v) is 3.28. The molecule has 1 atom stereocenters. The lowest BCUT2D eigenvalue weighted by Crippen LogP contribution is -2.52. The van der Waals surface area contributed by atoms with Gasteiger partial charge in [0.05, 0.1) is 19.1 Å². The van der Waals surface area contributed by atoms with Crippen molar-refractivity contribution >= 4 is 11.8 Å². The van der Waals surface area contributed by atoms with Gasteiger partial charge >= 0.3 is 0 Å². The largest absolute Gasteiger partial charge is 0.472 e. The van der Waals surface area contributed by atoms with Gasteiger partial charge < -0.3 is 14.6 Å². The van der Waals surface area contributed by atoms with Crippen LogP contribution in [0.2, 0.25) is 0 Å². The van der Waals surface area contributed by atoms with E-state index in [0.717, 1.165) is 11.1 Å². The van der Waals surface area contributed by atoms with Crippen molar-refractivity contribution in [3.8, 4) is 0 Å². The molecule has 0 spiro atoms. The van der Waals surface area contributed by atoms with Crippen molar-refractivity contribution in [2.24, 2.45) is 0 Å². The maximum Gasteiger partial charge on any atom is 0.250 e. The predicted molar refractivity (Wildman–Crippen MR) is 71.5 cm³/mol. The lowest BCUT2D eigenvalue weighted by Gasteiger charge is -2.32. The van der Waals surface area contributed by atoms with Gasteiger partial charge in [-0.1, -0.05) is 30.3 Å². The van der Waals surface area contributed by atoms with E-state index in [9.17, 15) is 9.59 Å². The van der Waals surface area contributed by atoms with Crippen molar-refractivity contribution in [1.82, 2.24) is 10.2 Å². The van der Waals surface area contributed by atoms with Gasteiger partial charge in [-0.15, -0.1) is 0 Å². The molecule has 1 aliphatic rings. The molecular formula is C15H14N2O3. The Labute approximate surface area is 116 Å². The molecule has 5 heteroatoms. The van der Waals surface area contributed by atoms with Crippen molar-refractivity contribution in [3.63, 3.8) is 0 Å². The van der Waals surface area contributed by atoms with E-state index in [-0.39, 0.29) is 18.4 Å². The molecule has 2 amide bonds. The summed E-state index contributed by atoms with van der Waals surface area (Å²) in [6.07, 6.45) is 3.13. The maximum atomic E-state index is 12.5. The van der Waals surface area contributed by atoms with Crippen LogP contribution in [0, 0.1) is 0 Å². The van der Waals surface area contributed by atoms with E-state index in [1.54, 1.807) is 23.5 Å². The second-order valence-corrected chi connectivity index (χ2v) is 4.74. The number of carbonyl (C=O) groups is 2. The lowest BCUT2D eigenvalue weighted by molar-refractivity contribution is -0.145. The summed E-state index contributed by atoms with van der Waals surface area (Å²) in [6, 6.07) is 10.4. The van der Waals surface area contributed by atoms with Crippen LogP contribution in [0.15, 0.2) is 53.3 Å². The van der Waals surface area contributed by atoms with E-state index in [0.29, 0.717) is 6.54 Å². The number of piperazine rings is 1. The van der Waals surface area contributed by atoms with Gasteiger partial charge in [0.1, 0.15) is 6.04 Å². The molecule has 2 aromatic rings. The van der Waals surface area contributed by atoms with Crippen LogP contribution in [-0.2, 0) is 16.1 Å². The number of hydrogen-bond acceptors (Lipinski definition) is 3. The Morgan fingerprint density at radius 1 is 1.20 bits per heavy atom. The molecule has 0 radical (unpaired) electrons. The standard InChI is InChI=1S/C15H14N2O3/c18-13-9-17(8-11-6-7-20-10-11)15(19)14(16-13)12-4-2-1-3-5-12/h1-7,10,14H,8-9H2,(H,16,18). The maximum absolute atomic E-state index is 12.5. The van der Waals surface area contributed by atoms with E-state index >= 15 is 0 Å². The van der Waals surface area contributed by atoms with Crippen LogP contribution in [0.4, 0.5) is 0 Å². The number of rotatable bonds is 3. The first kappa shape index (κ1) is 12.5. The molecule has 1 fully saturated rings. The molecule has 0 aliphatic carbocycles. The summed E-state index contributed by atoms with van der Waals surface area (Å²) in [5.74, 6) is -0.251. The van der Waals surface area contributed by atoms with Gasteiger partial charge in [-0.05, 0) is 11.6 Å². The van der Waals surface area contributed by atoms with E-state index in [1.165, 1.54) is 0 Å². The fraction of sp³-hybridized carbons (Fsp3) is 0.200. The van der Waals surface area contributed by atoms with Crippen LogP contribution in [0.3, 0.4) is 0 Å². The first-order chi connectivity index (χ1) is 9.74. The average Bonchev–Trinajstić information content (AvgIpc) is 2.96. The zero-order valence-corrected chi connectivity index (χ0v) is 10.8. The van der Waals surface area contributed by atoms with Gasteiger partial charge in [-0.2, -0.15) is 0 Å². The number of amides is 2. The topological polar surface area (TPSA) is 62.6 Å². The van der Waals surface area contributed by atoms with Crippen molar-refractivity contribution in [2.75, 3.05) is 6.54 Å².